The summed E-state index contributed by atoms with van der Waals surface area (Å²) in [6.07, 6.45) is 0. The van der Waals surface area contributed by atoms with E-state index < -0.39 is 5.54 Å². The molecule has 2 aromatic carbocycles. The molecule has 1 saturated heterocycles. The molecule has 1 aliphatic heterocycles. The molecule has 1 fully saturated rings. The van der Waals surface area contributed by atoms with Crippen molar-refractivity contribution in [3.05, 3.63) is 71.8 Å². The zero-order chi connectivity index (χ0) is 20.5. The Labute approximate surface area is 166 Å². The van der Waals surface area contributed by atoms with Crippen LogP contribution in [0, 0.1) is 0 Å². The maximum Gasteiger partial charge on any atom is 0.266 e. The molecule has 1 atom stereocenters. The Morgan fingerprint density at radius 2 is 1.50 bits per heavy atom. The van der Waals surface area contributed by atoms with Gasteiger partial charge in [-0.05, 0) is 45.4 Å². The van der Waals surface area contributed by atoms with E-state index in [9.17, 15) is 9.59 Å². The molecular formula is C23H27N3O2. The van der Waals surface area contributed by atoms with Gasteiger partial charge in [0.25, 0.3) is 11.8 Å². The summed E-state index contributed by atoms with van der Waals surface area (Å²) in [5, 5.41) is 0. The van der Waals surface area contributed by atoms with Gasteiger partial charge in [0.1, 0.15) is 5.84 Å². The predicted octanol–water partition coefficient (Wildman–Crippen LogP) is 3.71. The Kier molecular flexibility index (Phi) is 5.36. The molecule has 0 saturated carbocycles. The third kappa shape index (κ3) is 3.01. The van der Waals surface area contributed by atoms with Crippen molar-refractivity contribution in [1.82, 2.24) is 9.80 Å². The van der Waals surface area contributed by atoms with Crippen molar-refractivity contribution in [3.8, 4) is 0 Å². The number of hydrogen-bond donors (Lipinski definition) is 0. The van der Waals surface area contributed by atoms with Crippen molar-refractivity contribution in [2.24, 2.45) is 4.99 Å². The highest BCUT2D eigenvalue weighted by Gasteiger charge is 2.64. The lowest BCUT2D eigenvalue weighted by Crippen LogP contribution is -2.77. The van der Waals surface area contributed by atoms with Gasteiger partial charge >= 0.3 is 0 Å². The van der Waals surface area contributed by atoms with Crippen LogP contribution < -0.4 is 0 Å². The van der Waals surface area contributed by atoms with Crippen molar-refractivity contribution >= 4 is 17.6 Å². The van der Waals surface area contributed by atoms with E-state index in [2.05, 4.69) is 0 Å². The molecule has 0 N–H and O–H groups in total. The van der Waals surface area contributed by atoms with Crippen molar-refractivity contribution in [3.63, 3.8) is 0 Å². The second-order valence-corrected chi connectivity index (χ2v) is 7.62. The maximum atomic E-state index is 13.5. The van der Waals surface area contributed by atoms with E-state index in [0.29, 0.717) is 11.4 Å². The van der Waals surface area contributed by atoms with Gasteiger partial charge in [0.05, 0.1) is 0 Å². The molecule has 0 spiro atoms. The summed E-state index contributed by atoms with van der Waals surface area (Å²) in [7, 11) is 1.69. The van der Waals surface area contributed by atoms with E-state index in [-0.39, 0.29) is 23.9 Å². The normalized spacial score (nSPS) is 20.6. The molecule has 28 heavy (non-hydrogen) atoms. The highest BCUT2D eigenvalue weighted by molar-refractivity contribution is 6.29. The SMILES string of the molecule is CC(C)N=C1N(C(C)C)C(=O)[C@@]1(c1ccccc1)N(C)C(=O)c1ccccc1. The number of hydrogen-bond acceptors (Lipinski definition) is 3. The van der Waals surface area contributed by atoms with Gasteiger partial charge in [0, 0.05) is 24.7 Å². The first-order chi connectivity index (χ1) is 13.3. The summed E-state index contributed by atoms with van der Waals surface area (Å²) in [5.41, 5.74) is 0.0750. The molecule has 1 aliphatic rings. The molecule has 2 aromatic rings. The first-order valence-electron chi connectivity index (χ1n) is 9.62. The van der Waals surface area contributed by atoms with Gasteiger partial charge in [-0.25, -0.2) is 0 Å². The summed E-state index contributed by atoms with van der Waals surface area (Å²) < 4.78 is 0. The Morgan fingerprint density at radius 1 is 0.964 bits per heavy atom. The van der Waals surface area contributed by atoms with Crippen LogP contribution in [0.4, 0.5) is 0 Å². The minimum absolute atomic E-state index is 0.00679. The number of benzene rings is 2. The molecule has 0 aromatic heterocycles. The average molecular weight is 377 g/mol. The summed E-state index contributed by atoms with van der Waals surface area (Å²) in [6.45, 7) is 7.87. The number of amides is 2. The smallest absolute Gasteiger partial charge is 0.266 e. The van der Waals surface area contributed by atoms with Gasteiger partial charge in [0.15, 0.2) is 0 Å². The zero-order valence-corrected chi connectivity index (χ0v) is 17.1. The van der Waals surface area contributed by atoms with Crippen LogP contribution in [0.1, 0.15) is 43.6 Å². The maximum absolute atomic E-state index is 13.5. The minimum atomic E-state index is -1.22. The Hall–Kier alpha value is -2.95. The molecule has 1 heterocycles. The standard InChI is InChI=1S/C23H27N3O2/c1-16(2)24-21-23(19-14-10-7-11-15-19,22(28)26(21)17(3)4)25(5)20(27)18-12-8-6-9-13-18/h6-17H,1-5H3/t23-/m0/s1. The van der Waals surface area contributed by atoms with Crippen LogP contribution in [0.25, 0.3) is 0 Å². The van der Waals surface area contributed by atoms with Crippen LogP contribution in [-0.2, 0) is 10.3 Å². The lowest BCUT2D eigenvalue weighted by Gasteiger charge is -2.55. The van der Waals surface area contributed by atoms with E-state index >= 15 is 0 Å². The molecule has 0 radical (unpaired) electrons. The van der Waals surface area contributed by atoms with Crippen LogP contribution in [-0.4, -0.2) is 46.6 Å². The van der Waals surface area contributed by atoms with Gasteiger partial charge in [0.2, 0.25) is 5.54 Å². The molecule has 2 amide bonds. The van der Waals surface area contributed by atoms with Crippen LogP contribution in [0.3, 0.4) is 0 Å². The van der Waals surface area contributed by atoms with Crippen molar-refractivity contribution in [1.29, 1.82) is 0 Å². The number of aliphatic imine (C=N–C) groups is 1. The van der Waals surface area contributed by atoms with Gasteiger partial charge in [-0.15, -0.1) is 0 Å². The van der Waals surface area contributed by atoms with E-state index in [1.165, 1.54) is 0 Å². The van der Waals surface area contributed by atoms with Crippen molar-refractivity contribution in [2.45, 2.75) is 45.3 Å². The minimum Gasteiger partial charge on any atom is -0.317 e. The van der Waals surface area contributed by atoms with E-state index in [4.69, 9.17) is 4.99 Å². The quantitative estimate of drug-likeness (QED) is 0.746. The van der Waals surface area contributed by atoms with Crippen LogP contribution >= 0.6 is 0 Å². The fourth-order valence-corrected chi connectivity index (χ4v) is 3.71. The second-order valence-electron chi connectivity index (χ2n) is 7.62. The van der Waals surface area contributed by atoms with Crippen molar-refractivity contribution in [2.75, 3.05) is 7.05 Å². The molecule has 5 nitrogen and oxygen atoms in total. The molecule has 0 bridgehead atoms. The third-order valence-electron chi connectivity index (χ3n) is 5.00. The third-order valence-corrected chi connectivity index (χ3v) is 5.00. The molecule has 0 unspecified atom stereocenters. The Bertz CT molecular complexity index is 891. The predicted molar refractivity (Wildman–Crippen MR) is 111 cm³/mol. The zero-order valence-electron chi connectivity index (χ0n) is 17.1. The van der Waals surface area contributed by atoms with E-state index in [1.807, 2.05) is 76.2 Å². The number of rotatable bonds is 5. The largest absolute Gasteiger partial charge is 0.317 e. The monoisotopic (exact) mass is 377 g/mol. The van der Waals surface area contributed by atoms with Crippen LogP contribution in [0.5, 0.6) is 0 Å². The molecule has 146 valence electrons. The summed E-state index contributed by atoms with van der Waals surface area (Å²) in [5.74, 6) is 0.290. The first kappa shape index (κ1) is 19.8. The summed E-state index contributed by atoms with van der Waals surface area (Å²) in [6, 6.07) is 18.4. The fraction of sp³-hybridized carbons (Fsp3) is 0.348. The average Bonchev–Trinajstić information content (AvgIpc) is 2.68. The molecule has 5 heteroatoms. The van der Waals surface area contributed by atoms with E-state index in [0.717, 1.165) is 5.56 Å². The lowest BCUT2D eigenvalue weighted by molar-refractivity contribution is -0.144. The Morgan fingerprint density at radius 3 is 2.00 bits per heavy atom. The summed E-state index contributed by atoms with van der Waals surface area (Å²) in [4.78, 5) is 34.9. The first-order valence-corrected chi connectivity index (χ1v) is 9.62. The van der Waals surface area contributed by atoms with Gasteiger partial charge in [-0.1, -0.05) is 48.5 Å². The summed E-state index contributed by atoms with van der Waals surface area (Å²) >= 11 is 0. The number of β-lactam (4-membered cyclic amide) rings is 1. The number of carbonyl (C=O) groups is 2. The highest BCUT2D eigenvalue weighted by Crippen LogP contribution is 2.43. The van der Waals surface area contributed by atoms with Gasteiger partial charge < -0.3 is 4.90 Å². The van der Waals surface area contributed by atoms with Crippen LogP contribution in [0.15, 0.2) is 65.7 Å². The number of likely N-dealkylation sites (tertiary alicyclic amines) is 1. The highest BCUT2D eigenvalue weighted by atomic mass is 16.2. The molecule has 3 rings (SSSR count). The van der Waals surface area contributed by atoms with E-state index in [1.54, 1.807) is 29.0 Å². The number of nitrogens with zero attached hydrogens (tertiary/aromatic N) is 3. The topological polar surface area (TPSA) is 53.0 Å². The fourth-order valence-electron chi connectivity index (χ4n) is 3.71. The number of likely N-dealkylation sites (N-methyl/N-ethyl adjacent to an activating group) is 1. The van der Waals surface area contributed by atoms with Gasteiger partial charge in [-0.3, -0.25) is 19.5 Å². The lowest BCUT2D eigenvalue weighted by atomic mass is 9.76. The second kappa shape index (κ2) is 7.58. The van der Waals surface area contributed by atoms with Gasteiger partial charge in [-0.2, -0.15) is 0 Å². The van der Waals surface area contributed by atoms with Crippen molar-refractivity contribution < 1.29 is 9.59 Å². The number of amidine groups is 1. The Balaban J connectivity index is 2.20. The molecular weight excluding hydrogens is 350 g/mol. The molecule has 0 aliphatic carbocycles. The van der Waals surface area contributed by atoms with Crippen LogP contribution in [0.2, 0.25) is 0 Å². The number of carbonyl (C=O) groups excluding carboxylic acids is 2.